The Hall–Kier alpha value is -2.62. The number of nitrogens with one attached hydrogen (secondary N) is 1. The third kappa shape index (κ3) is 5.94. The van der Waals surface area contributed by atoms with Gasteiger partial charge in [0.1, 0.15) is 0 Å². The molecule has 0 radical (unpaired) electrons. The summed E-state index contributed by atoms with van der Waals surface area (Å²) in [4.78, 5) is 22.2. The molecule has 2 rings (SSSR count). The predicted octanol–water partition coefficient (Wildman–Crippen LogP) is 3.27. The molecule has 0 aromatic heterocycles. The van der Waals surface area contributed by atoms with E-state index in [-0.39, 0.29) is 12.3 Å². The molecule has 23 heavy (non-hydrogen) atoms. The highest BCUT2D eigenvalue weighted by molar-refractivity contribution is 5.78. The Kier molecular flexibility index (Phi) is 6.36. The first-order valence-corrected chi connectivity index (χ1v) is 7.78. The minimum absolute atomic E-state index is 0.0345. The van der Waals surface area contributed by atoms with Crippen LogP contribution in [-0.2, 0) is 16.0 Å². The van der Waals surface area contributed by atoms with E-state index in [0.717, 1.165) is 16.7 Å². The van der Waals surface area contributed by atoms with Gasteiger partial charge in [-0.25, -0.2) is 0 Å². The van der Waals surface area contributed by atoms with Crippen molar-refractivity contribution in [3.63, 3.8) is 0 Å². The van der Waals surface area contributed by atoms with E-state index in [1.165, 1.54) is 0 Å². The zero-order valence-corrected chi connectivity index (χ0v) is 13.0. The third-order valence-electron chi connectivity index (χ3n) is 3.57. The van der Waals surface area contributed by atoms with Gasteiger partial charge >= 0.3 is 5.97 Å². The summed E-state index contributed by atoms with van der Waals surface area (Å²) in [5.41, 5.74) is 3.25. The number of hydrogen-bond acceptors (Lipinski definition) is 2. The van der Waals surface area contributed by atoms with Crippen molar-refractivity contribution in [2.24, 2.45) is 0 Å². The van der Waals surface area contributed by atoms with Crippen LogP contribution >= 0.6 is 0 Å². The highest BCUT2D eigenvalue weighted by Crippen LogP contribution is 2.19. The number of carbonyl (C=O) groups excluding carboxylic acids is 1. The maximum atomic E-state index is 11.8. The summed E-state index contributed by atoms with van der Waals surface area (Å²) in [7, 11) is 0. The van der Waals surface area contributed by atoms with Crippen molar-refractivity contribution in [2.45, 2.75) is 25.7 Å². The van der Waals surface area contributed by atoms with Crippen molar-refractivity contribution in [3.8, 4) is 11.1 Å². The van der Waals surface area contributed by atoms with Crippen LogP contribution in [0.2, 0.25) is 0 Å². The number of carbonyl (C=O) groups is 2. The number of amides is 1. The molecule has 0 aliphatic rings. The maximum Gasteiger partial charge on any atom is 0.303 e. The van der Waals surface area contributed by atoms with E-state index >= 15 is 0 Å². The van der Waals surface area contributed by atoms with Crippen LogP contribution in [0.25, 0.3) is 11.1 Å². The molecule has 0 bridgehead atoms. The van der Waals surface area contributed by atoms with Gasteiger partial charge < -0.3 is 10.4 Å². The number of rotatable bonds is 8. The summed E-state index contributed by atoms with van der Waals surface area (Å²) in [5.74, 6) is -0.831. The first-order valence-electron chi connectivity index (χ1n) is 7.78. The quantitative estimate of drug-likeness (QED) is 0.735. The Morgan fingerprint density at radius 3 is 2.17 bits per heavy atom. The lowest BCUT2D eigenvalue weighted by Crippen LogP contribution is -2.26. The second kappa shape index (κ2) is 8.73. The molecule has 0 fully saturated rings. The Morgan fingerprint density at radius 2 is 1.52 bits per heavy atom. The smallest absolute Gasteiger partial charge is 0.303 e. The average Bonchev–Trinajstić information content (AvgIpc) is 2.56. The number of unbranched alkanes of at least 4 members (excludes halogenated alkanes) is 1. The first kappa shape index (κ1) is 16.7. The fourth-order valence-corrected chi connectivity index (χ4v) is 2.32. The molecule has 2 aromatic carbocycles. The minimum atomic E-state index is -0.796. The van der Waals surface area contributed by atoms with Crippen LogP contribution in [0.3, 0.4) is 0 Å². The SMILES string of the molecule is O=C(O)CCCCNC(=O)Cc1ccc(-c2ccccc2)cc1. The molecule has 4 heteroatoms. The van der Waals surface area contributed by atoms with E-state index in [1.54, 1.807) is 0 Å². The lowest BCUT2D eigenvalue weighted by molar-refractivity contribution is -0.137. The van der Waals surface area contributed by atoms with Gasteiger partial charge in [-0.3, -0.25) is 9.59 Å². The van der Waals surface area contributed by atoms with Crippen LogP contribution in [0.4, 0.5) is 0 Å². The van der Waals surface area contributed by atoms with Gasteiger partial charge in [-0.1, -0.05) is 54.6 Å². The molecule has 0 unspecified atom stereocenters. The summed E-state index contributed by atoms with van der Waals surface area (Å²) in [6, 6.07) is 18.1. The lowest BCUT2D eigenvalue weighted by atomic mass is 10.0. The number of hydrogen-bond donors (Lipinski definition) is 2. The molecule has 2 aromatic rings. The van der Waals surface area contributed by atoms with E-state index in [9.17, 15) is 9.59 Å². The number of benzene rings is 2. The van der Waals surface area contributed by atoms with Gasteiger partial charge in [0.25, 0.3) is 0 Å². The van der Waals surface area contributed by atoms with Gasteiger partial charge in [0, 0.05) is 13.0 Å². The standard InChI is InChI=1S/C19H21NO3/c21-18(20-13-5-4-8-19(22)23)14-15-9-11-17(12-10-15)16-6-2-1-3-7-16/h1-3,6-7,9-12H,4-5,8,13-14H2,(H,20,21)(H,22,23). The third-order valence-corrected chi connectivity index (χ3v) is 3.57. The van der Waals surface area contributed by atoms with Gasteiger partial charge in [-0.05, 0) is 29.5 Å². The van der Waals surface area contributed by atoms with Gasteiger partial charge in [-0.15, -0.1) is 0 Å². The minimum Gasteiger partial charge on any atom is -0.481 e. The van der Waals surface area contributed by atoms with E-state index < -0.39 is 5.97 Å². The number of aliphatic carboxylic acids is 1. The van der Waals surface area contributed by atoms with Crippen LogP contribution in [0.5, 0.6) is 0 Å². The molecule has 0 aliphatic carbocycles. The predicted molar refractivity (Wildman–Crippen MR) is 90.1 cm³/mol. The fourth-order valence-electron chi connectivity index (χ4n) is 2.32. The van der Waals surface area contributed by atoms with E-state index in [1.807, 2.05) is 42.5 Å². The number of carboxylic acids is 1. The first-order chi connectivity index (χ1) is 11.1. The Labute approximate surface area is 136 Å². The van der Waals surface area contributed by atoms with Gasteiger partial charge in [-0.2, -0.15) is 0 Å². The Bertz CT molecular complexity index is 635. The Morgan fingerprint density at radius 1 is 0.870 bits per heavy atom. The van der Waals surface area contributed by atoms with Crippen molar-refractivity contribution >= 4 is 11.9 Å². The molecule has 120 valence electrons. The second-order valence-corrected chi connectivity index (χ2v) is 5.44. The lowest BCUT2D eigenvalue weighted by Gasteiger charge is -2.06. The monoisotopic (exact) mass is 311 g/mol. The van der Waals surface area contributed by atoms with Crippen molar-refractivity contribution in [2.75, 3.05) is 6.54 Å². The van der Waals surface area contributed by atoms with E-state index in [4.69, 9.17) is 5.11 Å². The molecule has 0 saturated heterocycles. The van der Waals surface area contributed by atoms with Crippen molar-refractivity contribution in [1.82, 2.24) is 5.32 Å². The second-order valence-electron chi connectivity index (χ2n) is 5.44. The molecular weight excluding hydrogens is 290 g/mol. The van der Waals surface area contributed by atoms with Crippen molar-refractivity contribution in [1.29, 1.82) is 0 Å². The summed E-state index contributed by atoms with van der Waals surface area (Å²) < 4.78 is 0. The van der Waals surface area contributed by atoms with Crippen molar-refractivity contribution in [3.05, 3.63) is 60.2 Å². The highest BCUT2D eigenvalue weighted by atomic mass is 16.4. The summed E-state index contributed by atoms with van der Waals surface area (Å²) in [6.45, 7) is 0.522. The van der Waals surface area contributed by atoms with Crippen LogP contribution in [-0.4, -0.2) is 23.5 Å². The molecule has 0 spiro atoms. The summed E-state index contributed by atoms with van der Waals surface area (Å²) in [5, 5.41) is 11.4. The maximum absolute atomic E-state index is 11.8. The van der Waals surface area contributed by atoms with Crippen LogP contribution in [0.1, 0.15) is 24.8 Å². The van der Waals surface area contributed by atoms with Crippen LogP contribution in [0, 0.1) is 0 Å². The highest BCUT2D eigenvalue weighted by Gasteiger charge is 2.04. The zero-order chi connectivity index (χ0) is 16.5. The van der Waals surface area contributed by atoms with E-state index in [0.29, 0.717) is 25.8 Å². The molecule has 0 heterocycles. The molecule has 0 atom stereocenters. The summed E-state index contributed by atoms with van der Waals surface area (Å²) in [6.07, 6.45) is 1.76. The van der Waals surface area contributed by atoms with E-state index in [2.05, 4.69) is 17.4 Å². The largest absolute Gasteiger partial charge is 0.481 e. The normalized spacial score (nSPS) is 10.3. The molecule has 2 N–H and O–H groups in total. The van der Waals surface area contributed by atoms with Gasteiger partial charge in [0.05, 0.1) is 6.42 Å². The molecule has 0 aliphatic heterocycles. The van der Waals surface area contributed by atoms with Crippen LogP contribution in [0.15, 0.2) is 54.6 Å². The Balaban J connectivity index is 1.77. The van der Waals surface area contributed by atoms with Gasteiger partial charge in [0.2, 0.25) is 5.91 Å². The number of carboxylic acid groups (broad SMARTS) is 1. The molecule has 0 saturated carbocycles. The molecule has 4 nitrogen and oxygen atoms in total. The van der Waals surface area contributed by atoms with Crippen molar-refractivity contribution < 1.29 is 14.7 Å². The zero-order valence-electron chi connectivity index (χ0n) is 13.0. The molecule has 1 amide bonds. The average molecular weight is 311 g/mol. The van der Waals surface area contributed by atoms with Crippen LogP contribution < -0.4 is 5.32 Å². The summed E-state index contributed by atoms with van der Waals surface area (Å²) >= 11 is 0. The fraction of sp³-hybridized carbons (Fsp3) is 0.263. The topological polar surface area (TPSA) is 66.4 Å². The molecular formula is C19H21NO3. The van der Waals surface area contributed by atoms with Gasteiger partial charge in [0.15, 0.2) is 0 Å².